The van der Waals surface area contributed by atoms with E-state index in [4.69, 9.17) is 4.99 Å². The third-order valence-corrected chi connectivity index (χ3v) is 11.0. The van der Waals surface area contributed by atoms with E-state index in [1.165, 1.54) is 59.9 Å². The van der Waals surface area contributed by atoms with E-state index in [0.29, 0.717) is 6.54 Å². The largest absolute Gasteiger partial charge is 0.309 e. The summed E-state index contributed by atoms with van der Waals surface area (Å²) in [5, 5.41) is 9.54. The summed E-state index contributed by atoms with van der Waals surface area (Å²) in [6.45, 7) is 5.01. The van der Waals surface area contributed by atoms with Crippen molar-refractivity contribution in [3.63, 3.8) is 0 Å². The highest BCUT2D eigenvalue weighted by Crippen LogP contribution is 2.39. The van der Waals surface area contributed by atoms with E-state index >= 15 is 0 Å². The fourth-order valence-electron chi connectivity index (χ4n) is 8.53. The van der Waals surface area contributed by atoms with Gasteiger partial charge in [-0.1, -0.05) is 116 Å². The summed E-state index contributed by atoms with van der Waals surface area (Å²) < 4.78 is 4.71. The van der Waals surface area contributed by atoms with Crippen LogP contribution in [0.2, 0.25) is 0 Å². The first-order valence-corrected chi connectivity index (χ1v) is 18.0. The second-order valence-corrected chi connectivity index (χ2v) is 13.9. The van der Waals surface area contributed by atoms with Crippen LogP contribution in [0.1, 0.15) is 11.1 Å². The van der Waals surface area contributed by atoms with Gasteiger partial charge >= 0.3 is 0 Å². The number of pyridine rings is 1. The molecule has 0 saturated heterocycles. The quantitative estimate of drug-likeness (QED) is 0.179. The molecule has 0 saturated carbocycles. The van der Waals surface area contributed by atoms with E-state index < -0.39 is 0 Å². The van der Waals surface area contributed by atoms with Gasteiger partial charge in [0.15, 0.2) is 0 Å². The molecule has 1 aliphatic rings. The third-order valence-electron chi connectivity index (χ3n) is 11.0. The van der Waals surface area contributed by atoms with E-state index in [0.717, 1.165) is 44.6 Å². The highest BCUT2D eigenvalue weighted by Gasteiger charge is 2.19. The smallest absolute Gasteiger partial charge is 0.133 e. The maximum absolute atomic E-state index is 5.33. The molecule has 248 valence electrons. The van der Waals surface area contributed by atoms with Crippen LogP contribution in [0.5, 0.6) is 0 Å². The van der Waals surface area contributed by atoms with Crippen LogP contribution in [0.15, 0.2) is 182 Å². The molecule has 7 aromatic carbocycles. The summed E-state index contributed by atoms with van der Waals surface area (Å²) in [6.07, 6.45) is 8.12. The number of rotatable bonds is 2. The lowest BCUT2D eigenvalue weighted by Crippen LogP contribution is -2.09. The fourth-order valence-corrected chi connectivity index (χ4v) is 8.53. The molecule has 0 aliphatic carbocycles. The topological polar surface area (TPSA) is 35.1 Å². The summed E-state index contributed by atoms with van der Waals surface area (Å²) >= 11 is 0. The van der Waals surface area contributed by atoms with E-state index in [-0.39, 0.29) is 0 Å². The van der Waals surface area contributed by atoms with Gasteiger partial charge in [-0.15, -0.1) is 0 Å². The lowest BCUT2D eigenvalue weighted by Gasteiger charge is -2.11. The molecule has 0 radical (unpaired) electrons. The van der Waals surface area contributed by atoms with Crippen LogP contribution in [0.3, 0.4) is 0 Å². The van der Waals surface area contributed by atoms with Gasteiger partial charge in [-0.25, -0.2) is 0 Å². The molecule has 0 N–H and O–H groups in total. The maximum atomic E-state index is 5.33. The zero-order valence-corrected chi connectivity index (χ0v) is 28.9. The summed E-state index contributed by atoms with van der Waals surface area (Å²) in [5.74, 6) is 0.871. The van der Waals surface area contributed by atoms with Gasteiger partial charge in [-0.05, 0) is 81.6 Å². The predicted molar refractivity (Wildman–Crippen MR) is 223 cm³/mol. The van der Waals surface area contributed by atoms with Gasteiger partial charge in [0.05, 0.1) is 28.6 Å². The SMILES string of the molecule is C=C1/C=C\C(n2c3ccc(-c4ccc5c(c4)c4ccccc4n5-c4ccccc4)cc3c3ccc4ccccc4c32)=NCc2cncc3cccc1c23. The number of aromatic nitrogens is 3. The Morgan fingerprint density at radius 1 is 0.509 bits per heavy atom. The minimum atomic E-state index is 0.509. The number of hydrogen-bond acceptors (Lipinski definition) is 2. The van der Waals surface area contributed by atoms with E-state index in [2.05, 4.69) is 178 Å². The molecule has 10 aromatic rings. The van der Waals surface area contributed by atoms with Crippen molar-refractivity contribution in [2.45, 2.75) is 6.54 Å². The Kier molecular flexibility index (Phi) is 6.43. The number of nitrogens with zero attached hydrogens (tertiary/aromatic N) is 4. The first-order valence-electron chi connectivity index (χ1n) is 18.0. The molecule has 4 nitrogen and oxygen atoms in total. The molecule has 0 atom stereocenters. The molecule has 4 heteroatoms. The molecule has 0 spiro atoms. The van der Waals surface area contributed by atoms with Crippen molar-refractivity contribution in [3.8, 4) is 16.8 Å². The maximum Gasteiger partial charge on any atom is 0.133 e. The van der Waals surface area contributed by atoms with Crippen molar-refractivity contribution in [1.29, 1.82) is 0 Å². The van der Waals surface area contributed by atoms with Crippen molar-refractivity contribution in [2.24, 2.45) is 4.99 Å². The van der Waals surface area contributed by atoms with Crippen LogP contribution in [0, 0.1) is 0 Å². The highest BCUT2D eigenvalue weighted by atomic mass is 15.1. The highest BCUT2D eigenvalue weighted by molar-refractivity contribution is 6.24. The number of allylic oxidation sites excluding steroid dienone is 3. The molecule has 0 amide bonds. The first kappa shape index (κ1) is 29.7. The zero-order valence-electron chi connectivity index (χ0n) is 28.9. The lowest BCUT2D eigenvalue weighted by atomic mass is 9.97. The van der Waals surface area contributed by atoms with Gasteiger partial charge in [0.2, 0.25) is 0 Å². The van der Waals surface area contributed by atoms with Crippen molar-refractivity contribution in [3.05, 3.63) is 188 Å². The zero-order chi connectivity index (χ0) is 35.0. The number of fused-ring (bicyclic) bond motifs is 8. The molecule has 53 heavy (non-hydrogen) atoms. The summed E-state index contributed by atoms with van der Waals surface area (Å²) in [7, 11) is 0. The molecule has 0 bridgehead atoms. The Hall–Kier alpha value is -7.04. The van der Waals surface area contributed by atoms with Crippen LogP contribution in [-0.2, 0) is 6.54 Å². The number of para-hydroxylation sites is 2. The second-order valence-electron chi connectivity index (χ2n) is 13.9. The Morgan fingerprint density at radius 2 is 1.21 bits per heavy atom. The number of aliphatic imine (C=N–C) groups is 1. The lowest BCUT2D eigenvalue weighted by molar-refractivity contribution is 1.04. The number of hydrogen-bond donors (Lipinski definition) is 0. The average Bonchev–Trinajstić information content (AvgIpc) is 3.74. The second kappa shape index (κ2) is 11.5. The average molecular weight is 677 g/mol. The standard InChI is InChI=1S/C49H32N4/c1-31-18-25-47(51-30-36-29-50-28-35-11-9-16-38(31)48(35)36)53-46-24-21-34(27-43(46)41-22-19-32-10-5-6-14-39(32)49(41)53)33-20-23-45-42(26-33)40-15-7-8-17-44(40)52(45)37-12-3-2-4-13-37/h2-29H,1,30H2/b25-18-,51-47?. The van der Waals surface area contributed by atoms with Gasteiger partial charge in [0, 0.05) is 56.0 Å². The van der Waals surface area contributed by atoms with Crippen LogP contribution in [0.4, 0.5) is 0 Å². The molecule has 1 aliphatic heterocycles. The van der Waals surface area contributed by atoms with Gasteiger partial charge in [-0.2, -0.15) is 0 Å². The molecular weight excluding hydrogens is 645 g/mol. The molecule has 4 heterocycles. The van der Waals surface area contributed by atoms with Gasteiger partial charge < -0.3 is 4.57 Å². The Balaban J connectivity index is 1.13. The van der Waals surface area contributed by atoms with Crippen LogP contribution < -0.4 is 0 Å². The third kappa shape index (κ3) is 4.49. The Morgan fingerprint density at radius 3 is 2.06 bits per heavy atom. The molecule has 0 unspecified atom stereocenters. The normalized spacial score (nSPS) is 13.9. The van der Waals surface area contributed by atoms with Gasteiger partial charge in [-0.3, -0.25) is 14.5 Å². The van der Waals surface area contributed by atoms with Gasteiger partial charge in [0.1, 0.15) is 5.84 Å². The summed E-state index contributed by atoms with van der Waals surface area (Å²) in [4.78, 5) is 9.91. The first-order chi connectivity index (χ1) is 26.2. The Labute approximate surface area is 305 Å². The van der Waals surface area contributed by atoms with Crippen LogP contribution in [0.25, 0.3) is 87.5 Å². The van der Waals surface area contributed by atoms with Gasteiger partial charge in [0.25, 0.3) is 0 Å². The monoisotopic (exact) mass is 676 g/mol. The number of benzene rings is 7. The molecule has 11 rings (SSSR count). The molecular formula is C49H32N4. The Bertz CT molecular complexity index is 3200. The van der Waals surface area contributed by atoms with Crippen LogP contribution in [-0.4, -0.2) is 20.0 Å². The van der Waals surface area contributed by atoms with Crippen molar-refractivity contribution in [1.82, 2.24) is 14.1 Å². The molecule has 3 aromatic heterocycles. The minimum Gasteiger partial charge on any atom is -0.309 e. The van der Waals surface area contributed by atoms with E-state index in [1.54, 1.807) is 0 Å². The molecule has 0 fully saturated rings. The van der Waals surface area contributed by atoms with E-state index in [1.807, 2.05) is 12.4 Å². The van der Waals surface area contributed by atoms with Crippen molar-refractivity contribution in [2.75, 3.05) is 0 Å². The van der Waals surface area contributed by atoms with Crippen molar-refractivity contribution >= 4 is 76.6 Å². The van der Waals surface area contributed by atoms with Crippen LogP contribution >= 0.6 is 0 Å². The fraction of sp³-hybridized carbons (Fsp3) is 0.0204. The van der Waals surface area contributed by atoms with Crippen molar-refractivity contribution < 1.29 is 0 Å². The predicted octanol–water partition coefficient (Wildman–Crippen LogP) is 12.3. The summed E-state index contributed by atoms with van der Waals surface area (Å²) in [6, 6.07) is 52.6. The van der Waals surface area contributed by atoms with E-state index in [9.17, 15) is 0 Å². The minimum absolute atomic E-state index is 0.509. The summed E-state index contributed by atoms with van der Waals surface area (Å²) in [5.41, 5.74) is 11.4.